The van der Waals surface area contributed by atoms with E-state index in [0.717, 1.165) is 24.2 Å². The summed E-state index contributed by atoms with van der Waals surface area (Å²) in [5.41, 5.74) is 8.24. The van der Waals surface area contributed by atoms with Crippen molar-refractivity contribution in [1.29, 1.82) is 0 Å². The van der Waals surface area contributed by atoms with E-state index in [2.05, 4.69) is 30.9 Å². The Balaban J connectivity index is 2.00. The lowest BCUT2D eigenvalue weighted by Crippen LogP contribution is -2.30. The molecule has 1 saturated carbocycles. The van der Waals surface area contributed by atoms with E-state index in [1.54, 1.807) is 0 Å². The van der Waals surface area contributed by atoms with Crippen LogP contribution in [0.25, 0.3) is 0 Å². The van der Waals surface area contributed by atoms with E-state index in [-0.39, 0.29) is 0 Å². The van der Waals surface area contributed by atoms with Gasteiger partial charge in [0.05, 0.1) is 0 Å². The van der Waals surface area contributed by atoms with Gasteiger partial charge in [-0.25, -0.2) is 0 Å². The molecule has 2 N–H and O–H groups in total. The lowest BCUT2D eigenvalue weighted by Gasteiger charge is -2.25. The van der Waals surface area contributed by atoms with Crippen molar-refractivity contribution >= 4 is 5.69 Å². The zero-order valence-electron chi connectivity index (χ0n) is 11.0. The number of anilines is 1. The Hall–Kier alpha value is -1.02. The van der Waals surface area contributed by atoms with Crippen LogP contribution in [0.3, 0.4) is 0 Å². The zero-order chi connectivity index (χ0) is 12.3. The highest BCUT2D eigenvalue weighted by atomic mass is 15.2. The molecule has 0 heterocycles. The van der Waals surface area contributed by atoms with Gasteiger partial charge in [-0.2, -0.15) is 0 Å². The summed E-state index contributed by atoms with van der Waals surface area (Å²) in [5.74, 6) is 0.778. The van der Waals surface area contributed by atoms with Gasteiger partial charge in [0.25, 0.3) is 0 Å². The molecule has 1 fully saturated rings. The average Bonchev–Trinajstić information content (AvgIpc) is 3.15. The van der Waals surface area contributed by atoms with Crippen molar-refractivity contribution in [2.24, 2.45) is 5.92 Å². The van der Waals surface area contributed by atoms with E-state index in [0.29, 0.717) is 0 Å². The Labute approximate surface area is 105 Å². The van der Waals surface area contributed by atoms with Crippen LogP contribution in [0.5, 0.6) is 0 Å². The summed E-state index contributed by atoms with van der Waals surface area (Å²) in [6, 6.07) is 9.06. The number of nitrogens with two attached hydrogens (primary N) is 1. The molecule has 0 aromatic heterocycles. The molecule has 94 valence electrons. The van der Waals surface area contributed by atoms with Gasteiger partial charge < -0.3 is 5.73 Å². The molecule has 2 rings (SSSR count). The third-order valence-electron chi connectivity index (χ3n) is 3.73. The normalized spacial score (nSPS) is 17.4. The maximum Gasteiger partial charge on any atom is 0.0359 e. The maximum absolute atomic E-state index is 6.03. The predicted molar refractivity (Wildman–Crippen MR) is 73.7 cm³/mol. The molecule has 1 aliphatic carbocycles. The summed E-state index contributed by atoms with van der Waals surface area (Å²) in [7, 11) is 0. The maximum atomic E-state index is 6.03. The molecule has 0 radical (unpaired) electrons. The first-order valence-electron chi connectivity index (χ1n) is 6.78. The minimum absolute atomic E-state index is 0.778. The second kappa shape index (κ2) is 5.54. The topological polar surface area (TPSA) is 29.3 Å². The number of nitrogen functional groups attached to an aromatic ring is 1. The predicted octanol–water partition coefficient (Wildman–Crippen LogP) is 3.28. The number of hydrogen-bond donors (Lipinski definition) is 1. The summed E-state index contributed by atoms with van der Waals surface area (Å²) < 4.78 is 0. The monoisotopic (exact) mass is 232 g/mol. The van der Waals surface area contributed by atoms with Crippen LogP contribution in [0.2, 0.25) is 0 Å². The number of rotatable bonds is 6. The van der Waals surface area contributed by atoms with E-state index in [9.17, 15) is 0 Å². The molecule has 0 aliphatic heterocycles. The van der Waals surface area contributed by atoms with Gasteiger partial charge in [0.1, 0.15) is 0 Å². The molecular weight excluding hydrogens is 208 g/mol. The molecule has 0 saturated heterocycles. The molecule has 0 amide bonds. The van der Waals surface area contributed by atoms with Crippen LogP contribution in [0, 0.1) is 5.92 Å². The minimum Gasteiger partial charge on any atom is -0.398 e. The van der Waals surface area contributed by atoms with Crippen molar-refractivity contribution in [3.05, 3.63) is 29.8 Å². The van der Waals surface area contributed by atoms with Crippen molar-refractivity contribution in [3.63, 3.8) is 0 Å². The highest BCUT2D eigenvalue weighted by Crippen LogP contribution is 2.30. The molecule has 0 spiro atoms. The van der Waals surface area contributed by atoms with Crippen LogP contribution in [0.1, 0.15) is 38.7 Å². The molecule has 0 bridgehead atoms. The second-order valence-corrected chi connectivity index (χ2v) is 5.37. The lowest BCUT2D eigenvalue weighted by atomic mass is 10.1. The van der Waals surface area contributed by atoms with Crippen molar-refractivity contribution < 1.29 is 0 Å². The van der Waals surface area contributed by atoms with E-state index in [4.69, 9.17) is 5.73 Å². The lowest BCUT2D eigenvalue weighted by molar-refractivity contribution is 0.217. The van der Waals surface area contributed by atoms with Gasteiger partial charge in [-0.1, -0.05) is 38.5 Å². The molecule has 2 heteroatoms. The highest BCUT2D eigenvalue weighted by molar-refractivity contribution is 5.46. The fourth-order valence-electron chi connectivity index (χ4n) is 2.21. The van der Waals surface area contributed by atoms with Gasteiger partial charge in [0, 0.05) is 24.8 Å². The smallest absolute Gasteiger partial charge is 0.0359 e. The van der Waals surface area contributed by atoms with Crippen LogP contribution < -0.4 is 5.73 Å². The fraction of sp³-hybridized carbons (Fsp3) is 0.600. The van der Waals surface area contributed by atoms with Crippen molar-refractivity contribution in [3.8, 4) is 0 Å². The zero-order valence-corrected chi connectivity index (χ0v) is 11.0. The van der Waals surface area contributed by atoms with E-state index < -0.39 is 0 Å². The van der Waals surface area contributed by atoms with E-state index in [1.807, 2.05) is 12.1 Å². The van der Waals surface area contributed by atoms with Gasteiger partial charge in [0.15, 0.2) is 0 Å². The van der Waals surface area contributed by atoms with E-state index in [1.165, 1.54) is 31.4 Å². The van der Waals surface area contributed by atoms with Gasteiger partial charge >= 0.3 is 0 Å². The number of nitrogens with zero attached hydrogens (tertiary/aromatic N) is 1. The summed E-state index contributed by atoms with van der Waals surface area (Å²) in [6.45, 7) is 6.83. The Bertz CT molecular complexity index is 358. The average molecular weight is 232 g/mol. The molecule has 2 nitrogen and oxygen atoms in total. The van der Waals surface area contributed by atoms with Crippen LogP contribution in [0.15, 0.2) is 24.3 Å². The third kappa shape index (κ3) is 3.47. The summed E-state index contributed by atoms with van der Waals surface area (Å²) in [4.78, 5) is 2.61. The standard InChI is InChI=1S/C15H24N2/c1-3-12(2)10-17(14-8-9-14)11-13-6-4-5-7-15(13)16/h4-7,12,14H,3,8-11,16H2,1-2H3. The molecule has 17 heavy (non-hydrogen) atoms. The summed E-state index contributed by atoms with van der Waals surface area (Å²) in [5, 5.41) is 0. The number of para-hydroxylation sites is 1. The van der Waals surface area contributed by atoms with Crippen LogP contribution in [-0.2, 0) is 6.54 Å². The molecule has 1 aromatic rings. The highest BCUT2D eigenvalue weighted by Gasteiger charge is 2.29. The number of hydrogen-bond acceptors (Lipinski definition) is 2. The summed E-state index contributed by atoms with van der Waals surface area (Å²) >= 11 is 0. The first-order valence-corrected chi connectivity index (χ1v) is 6.78. The molecule has 1 aliphatic rings. The SMILES string of the molecule is CCC(C)CN(Cc1ccccc1N)C1CC1. The van der Waals surface area contributed by atoms with Crippen LogP contribution in [-0.4, -0.2) is 17.5 Å². The quantitative estimate of drug-likeness (QED) is 0.763. The van der Waals surface area contributed by atoms with Crippen LogP contribution in [0.4, 0.5) is 5.69 Å². The van der Waals surface area contributed by atoms with Gasteiger partial charge in [-0.15, -0.1) is 0 Å². The van der Waals surface area contributed by atoms with Gasteiger partial charge in [-0.05, 0) is 30.4 Å². The minimum atomic E-state index is 0.778. The third-order valence-corrected chi connectivity index (χ3v) is 3.73. The molecule has 1 unspecified atom stereocenters. The van der Waals surface area contributed by atoms with E-state index >= 15 is 0 Å². The fourth-order valence-corrected chi connectivity index (χ4v) is 2.21. The molecule has 1 atom stereocenters. The van der Waals surface area contributed by atoms with Crippen molar-refractivity contribution in [1.82, 2.24) is 4.90 Å². The Kier molecular flexibility index (Phi) is 4.06. The Morgan fingerprint density at radius 3 is 2.65 bits per heavy atom. The molecule has 1 aromatic carbocycles. The first-order chi connectivity index (χ1) is 8.20. The van der Waals surface area contributed by atoms with Crippen LogP contribution >= 0.6 is 0 Å². The number of benzene rings is 1. The van der Waals surface area contributed by atoms with Gasteiger partial charge in [-0.3, -0.25) is 4.90 Å². The van der Waals surface area contributed by atoms with Gasteiger partial charge in [0.2, 0.25) is 0 Å². The first kappa shape index (κ1) is 12.4. The second-order valence-electron chi connectivity index (χ2n) is 5.37. The molecular formula is C15H24N2. The van der Waals surface area contributed by atoms with Crippen molar-refractivity contribution in [2.45, 2.75) is 45.7 Å². The van der Waals surface area contributed by atoms with Crippen molar-refractivity contribution in [2.75, 3.05) is 12.3 Å². The Morgan fingerprint density at radius 1 is 1.35 bits per heavy atom. The largest absolute Gasteiger partial charge is 0.398 e. The Morgan fingerprint density at radius 2 is 2.06 bits per heavy atom. The summed E-state index contributed by atoms with van der Waals surface area (Å²) in [6.07, 6.45) is 3.99.